The van der Waals surface area contributed by atoms with Gasteiger partial charge in [0, 0.05) is 30.6 Å². The van der Waals surface area contributed by atoms with Crippen molar-refractivity contribution < 1.29 is 14.7 Å². The fraction of sp³-hybridized carbons (Fsp3) is 0.304. The molecular formula is C23H29N5O3. The highest BCUT2D eigenvalue weighted by Gasteiger charge is 2.21. The number of hydrogen-bond acceptors (Lipinski definition) is 5. The number of aliphatic carboxylic acids is 1. The first kappa shape index (κ1) is 23.8. The molecule has 1 unspecified atom stereocenters. The topological polar surface area (TPSA) is 109 Å². The van der Waals surface area contributed by atoms with Crippen molar-refractivity contribution in [3.05, 3.63) is 66.5 Å². The van der Waals surface area contributed by atoms with Crippen molar-refractivity contribution in [2.24, 2.45) is 0 Å². The van der Waals surface area contributed by atoms with Gasteiger partial charge in [0.2, 0.25) is 5.91 Å². The lowest BCUT2D eigenvalue weighted by Crippen LogP contribution is -2.44. The van der Waals surface area contributed by atoms with E-state index >= 15 is 0 Å². The average molecular weight is 424 g/mol. The van der Waals surface area contributed by atoms with E-state index in [-0.39, 0.29) is 12.5 Å². The maximum Gasteiger partial charge on any atom is 0.317 e. The number of carbonyl (C=O) groups excluding carboxylic acids is 1. The summed E-state index contributed by atoms with van der Waals surface area (Å²) < 4.78 is 1.70. The van der Waals surface area contributed by atoms with Gasteiger partial charge in [-0.25, -0.2) is 4.68 Å². The van der Waals surface area contributed by atoms with Crippen molar-refractivity contribution in [2.45, 2.75) is 39.8 Å². The largest absolute Gasteiger partial charge is 0.480 e. The van der Waals surface area contributed by atoms with E-state index < -0.39 is 12.0 Å². The van der Waals surface area contributed by atoms with E-state index in [2.05, 4.69) is 20.7 Å². The molecule has 0 aliphatic carbocycles. The molecule has 0 saturated carbocycles. The lowest BCUT2D eigenvalue weighted by atomic mass is 10.1. The van der Waals surface area contributed by atoms with Gasteiger partial charge in [-0.1, -0.05) is 44.2 Å². The van der Waals surface area contributed by atoms with Gasteiger partial charge < -0.3 is 10.4 Å². The smallest absolute Gasteiger partial charge is 0.317 e. The molecule has 0 saturated heterocycles. The van der Waals surface area contributed by atoms with Crippen LogP contribution in [0, 0.1) is 0 Å². The maximum atomic E-state index is 12.9. The van der Waals surface area contributed by atoms with Crippen molar-refractivity contribution >= 4 is 17.7 Å². The summed E-state index contributed by atoms with van der Waals surface area (Å²) in [5, 5.41) is 19.2. The van der Waals surface area contributed by atoms with E-state index in [1.165, 1.54) is 0 Å². The quantitative estimate of drug-likeness (QED) is 0.488. The zero-order valence-corrected chi connectivity index (χ0v) is 18.1. The van der Waals surface area contributed by atoms with Gasteiger partial charge in [-0.15, -0.1) is 0 Å². The van der Waals surface area contributed by atoms with Crippen LogP contribution in [0.25, 0.3) is 11.3 Å². The van der Waals surface area contributed by atoms with E-state index in [4.69, 9.17) is 5.11 Å². The lowest BCUT2D eigenvalue weighted by Gasteiger charge is -2.18. The molecule has 2 heterocycles. The van der Waals surface area contributed by atoms with Crippen molar-refractivity contribution in [3.8, 4) is 11.3 Å². The number of anilines is 1. The normalized spacial score (nSPS) is 11.2. The first-order valence-corrected chi connectivity index (χ1v) is 10.3. The van der Waals surface area contributed by atoms with Crippen LogP contribution in [-0.2, 0) is 22.6 Å². The monoisotopic (exact) mass is 423 g/mol. The number of carbonyl (C=O) groups is 2. The highest BCUT2D eigenvalue weighted by atomic mass is 16.4. The number of aryl methyl sites for hydroxylation is 1. The average Bonchev–Trinajstić information content (AvgIpc) is 3.22. The summed E-state index contributed by atoms with van der Waals surface area (Å²) in [5.74, 6) is -0.778. The predicted octanol–water partition coefficient (Wildman–Crippen LogP) is 3.22. The van der Waals surface area contributed by atoms with E-state index in [1.54, 1.807) is 23.1 Å². The first-order chi connectivity index (χ1) is 15.1. The van der Waals surface area contributed by atoms with Crippen LogP contribution in [0.2, 0.25) is 0 Å². The van der Waals surface area contributed by atoms with Crippen LogP contribution in [0.5, 0.6) is 0 Å². The van der Waals surface area contributed by atoms with Crippen LogP contribution in [-0.4, -0.2) is 44.3 Å². The second-order valence-electron chi connectivity index (χ2n) is 6.47. The van der Waals surface area contributed by atoms with Gasteiger partial charge in [-0.3, -0.25) is 19.9 Å². The Balaban J connectivity index is 0.00000166. The van der Waals surface area contributed by atoms with E-state index in [0.29, 0.717) is 18.8 Å². The summed E-state index contributed by atoms with van der Waals surface area (Å²) in [6, 6.07) is 14.3. The molecule has 0 bridgehead atoms. The third-order valence-corrected chi connectivity index (χ3v) is 4.41. The number of aromatic nitrogens is 3. The fourth-order valence-electron chi connectivity index (χ4n) is 2.95. The molecule has 8 heteroatoms. The summed E-state index contributed by atoms with van der Waals surface area (Å²) in [7, 11) is 0. The Morgan fingerprint density at radius 2 is 1.77 bits per heavy atom. The molecule has 3 rings (SSSR count). The van der Waals surface area contributed by atoms with E-state index in [0.717, 1.165) is 16.8 Å². The Bertz CT molecular complexity index is 958. The van der Waals surface area contributed by atoms with Crippen LogP contribution in [0.15, 0.2) is 60.9 Å². The number of amides is 1. The van der Waals surface area contributed by atoms with Crippen molar-refractivity contribution in [1.82, 2.24) is 20.1 Å². The van der Waals surface area contributed by atoms with Crippen LogP contribution in [0.3, 0.4) is 0 Å². The van der Waals surface area contributed by atoms with Gasteiger partial charge >= 0.3 is 5.97 Å². The van der Waals surface area contributed by atoms with Gasteiger partial charge in [0.15, 0.2) is 0 Å². The third-order valence-electron chi connectivity index (χ3n) is 4.41. The number of benzene rings is 1. The fourth-order valence-corrected chi connectivity index (χ4v) is 2.95. The second-order valence-corrected chi connectivity index (χ2v) is 6.47. The number of pyridine rings is 1. The molecular weight excluding hydrogens is 394 g/mol. The zero-order valence-electron chi connectivity index (χ0n) is 18.1. The van der Waals surface area contributed by atoms with Gasteiger partial charge in [-0.05, 0) is 31.0 Å². The molecule has 1 atom stereocenters. The molecule has 3 N–H and O–H groups in total. The summed E-state index contributed by atoms with van der Waals surface area (Å²) in [5.41, 5.74) is 2.56. The molecule has 3 aromatic rings. The molecule has 31 heavy (non-hydrogen) atoms. The summed E-state index contributed by atoms with van der Waals surface area (Å²) in [6.45, 7) is 6.20. The van der Waals surface area contributed by atoms with Gasteiger partial charge in [-0.2, -0.15) is 5.10 Å². The Kier molecular flexibility index (Phi) is 9.38. The predicted molar refractivity (Wildman–Crippen MR) is 121 cm³/mol. The van der Waals surface area contributed by atoms with Crippen LogP contribution in [0.1, 0.15) is 26.3 Å². The number of hydrogen-bond donors (Lipinski definition) is 3. The Hall–Kier alpha value is -3.52. The molecule has 164 valence electrons. The number of rotatable bonds is 9. The summed E-state index contributed by atoms with van der Waals surface area (Å²) in [6.07, 6.45) is 3.74. The Morgan fingerprint density at radius 1 is 1.10 bits per heavy atom. The zero-order chi connectivity index (χ0) is 22.6. The third kappa shape index (κ3) is 7.04. The highest BCUT2D eigenvalue weighted by Crippen LogP contribution is 2.21. The molecule has 0 fully saturated rings. The molecule has 1 amide bonds. The number of nitrogens with one attached hydrogen (secondary N) is 2. The van der Waals surface area contributed by atoms with Crippen LogP contribution in [0.4, 0.5) is 5.82 Å². The first-order valence-electron chi connectivity index (χ1n) is 10.3. The minimum atomic E-state index is -1.02. The summed E-state index contributed by atoms with van der Waals surface area (Å²) >= 11 is 0. The molecule has 1 aromatic carbocycles. The Morgan fingerprint density at radius 3 is 2.39 bits per heavy atom. The standard InChI is InChI=1S/C21H23N5O3.C2H6/c1-2-26-19(13-17(25-26)16-8-10-22-11-9-16)24-21(29)18(23-14-20(27)28)12-15-6-4-3-5-7-15;1-2/h3-11,13,18,23H,2,12,14H2,1H3,(H,24,29)(H,27,28);1-2H3. The maximum absolute atomic E-state index is 12.9. The molecule has 8 nitrogen and oxygen atoms in total. The lowest BCUT2D eigenvalue weighted by molar-refractivity contribution is -0.136. The minimum absolute atomic E-state index is 0.305. The molecule has 0 spiro atoms. The number of carboxylic acids is 1. The van der Waals surface area contributed by atoms with Crippen molar-refractivity contribution in [1.29, 1.82) is 0 Å². The second kappa shape index (κ2) is 12.2. The molecule has 0 aliphatic rings. The van der Waals surface area contributed by atoms with Gasteiger partial charge in [0.1, 0.15) is 5.82 Å². The van der Waals surface area contributed by atoms with Crippen LogP contribution >= 0.6 is 0 Å². The highest BCUT2D eigenvalue weighted by molar-refractivity contribution is 5.95. The Labute approximate surface area is 182 Å². The molecule has 0 radical (unpaired) electrons. The summed E-state index contributed by atoms with van der Waals surface area (Å²) in [4.78, 5) is 27.9. The molecule has 2 aromatic heterocycles. The molecule has 0 aliphatic heterocycles. The number of nitrogens with zero attached hydrogens (tertiary/aromatic N) is 3. The van der Waals surface area contributed by atoms with E-state index in [1.807, 2.05) is 63.2 Å². The van der Waals surface area contributed by atoms with Gasteiger partial charge in [0.05, 0.1) is 18.3 Å². The van der Waals surface area contributed by atoms with Crippen molar-refractivity contribution in [3.63, 3.8) is 0 Å². The minimum Gasteiger partial charge on any atom is -0.480 e. The SMILES string of the molecule is CC.CCn1nc(-c2ccncc2)cc1NC(=O)C(Cc1ccccc1)NCC(=O)O. The van der Waals surface area contributed by atoms with Crippen LogP contribution < -0.4 is 10.6 Å². The van der Waals surface area contributed by atoms with Gasteiger partial charge in [0.25, 0.3) is 0 Å². The van der Waals surface area contributed by atoms with E-state index in [9.17, 15) is 9.59 Å². The van der Waals surface area contributed by atoms with Crippen molar-refractivity contribution in [2.75, 3.05) is 11.9 Å². The number of carboxylic acid groups (broad SMARTS) is 1.